The van der Waals surface area contributed by atoms with Crippen LogP contribution in [0.15, 0.2) is 0 Å². The zero-order valence-electron chi connectivity index (χ0n) is 15.2. The Balaban J connectivity index is 4.30. The average molecular weight is 299 g/mol. The van der Waals surface area contributed by atoms with Gasteiger partial charge >= 0.3 is 5.97 Å². The second-order valence-electron chi connectivity index (χ2n) is 8.14. The first-order chi connectivity index (χ1) is 9.24. The van der Waals surface area contributed by atoms with Crippen LogP contribution in [0.25, 0.3) is 0 Å². The molecular formula is C17H33NO3. The lowest BCUT2D eigenvalue weighted by Gasteiger charge is -2.37. The van der Waals surface area contributed by atoms with Crippen LogP contribution in [0, 0.1) is 22.2 Å². The second-order valence-corrected chi connectivity index (χ2v) is 8.14. The van der Waals surface area contributed by atoms with Crippen molar-refractivity contribution in [3.05, 3.63) is 0 Å². The van der Waals surface area contributed by atoms with E-state index in [1.165, 1.54) is 0 Å². The molecule has 0 heterocycles. The number of esters is 1. The van der Waals surface area contributed by atoms with Crippen molar-refractivity contribution in [2.75, 3.05) is 13.2 Å². The van der Waals surface area contributed by atoms with Gasteiger partial charge in [-0.2, -0.15) is 0 Å². The molecule has 124 valence electrons. The Kier molecular flexibility index (Phi) is 6.46. The predicted molar refractivity (Wildman–Crippen MR) is 85.8 cm³/mol. The second kappa shape index (κ2) is 6.80. The van der Waals surface area contributed by atoms with E-state index < -0.39 is 10.8 Å². The van der Waals surface area contributed by atoms with E-state index in [-0.39, 0.29) is 29.8 Å². The fourth-order valence-electron chi connectivity index (χ4n) is 1.29. The summed E-state index contributed by atoms with van der Waals surface area (Å²) in [6, 6.07) is 0. The van der Waals surface area contributed by atoms with Crippen molar-refractivity contribution < 1.29 is 14.3 Å². The molecule has 0 aliphatic rings. The van der Waals surface area contributed by atoms with Crippen molar-refractivity contribution in [1.82, 2.24) is 5.32 Å². The molecule has 4 nitrogen and oxygen atoms in total. The summed E-state index contributed by atoms with van der Waals surface area (Å²) in [6.45, 7) is 18.3. The molecule has 0 aromatic rings. The van der Waals surface area contributed by atoms with E-state index in [0.717, 1.165) is 0 Å². The standard InChI is InChI=1S/C17H33NO3/c1-12(2)16(6,7)14(20)21-11-10-18-13(19)17(8,9)15(3,4)5/h12H,10-11H2,1-9H3,(H,18,19). The van der Waals surface area contributed by atoms with Crippen LogP contribution in [0.1, 0.15) is 62.3 Å². The van der Waals surface area contributed by atoms with Gasteiger partial charge in [0.25, 0.3) is 0 Å². The highest BCUT2D eigenvalue weighted by molar-refractivity contribution is 5.82. The molecule has 0 fully saturated rings. The molecule has 1 N–H and O–H groups in total. The molecule has 21 heavy (non-hydrogen) atoms. The van der Waals surface area contributed by atoms with E-state index in [9.17, 15) is 9.59 Å². The topological polar surface area (TPSA) is 55.4 Å². The van der Waals surface area contributed by atoms with Gasteiger partial charge in [-0.1, -0.05) is 48.5 Å². The van der Waals surface area contributed by atoms with Gasteiger partial charge in [-0.15, -0.1) is 0 Å². The highest BCUT2D eigenvalue weighted by Crippen LogP contribution is 2.37. The van der Waals surface area contributed by atoms with Crippen LogP contribution in [-0.2, 0) is 14.3 Å². The SMILES string of the molecule is CC(C)C(C)(C)C(=O)OCCNC(=O)C(C)(C)C(C)(C)C. The molecule has 0 aromatic heterocycles. The molecule has 0 unspecified atom stereocenters. The number of rotatable bonds is 6. The minimum absolute atomic E-state index is 0.0193. The average Bonchev–Trinajstić information content (AvgIpc) is 2.31. The summed E-state index contributed by atoms with van der Waals surface area (Å²) < 4.78 is 5.26. The highest BCUT2D eigenvalue weighted by Gasteiger charge is 2.39. The van der Waals surface area contributed by atoms with E-state index in [0.29, 0.717) is 6.54 Å². The number of carbonyl (C=O) groups excluding carboxylic acids is 2. The van der Waals surface area contributed by atoms with Crippen LogP contribution >= 0.6 is 0 Å². The summed E-state index contributed by atoms with van der Waals surface area (Å²) in [5.41, 5.74) is -1.11. The number of hydrogen-bond acceptors (Lipinski definition) is 3. The lowest BCUT2D eigenvalue weighted by molar-refractivity contribution is -0.156. The first-order valence-electron chi connectivity index (χ1n) is 7.70. The zero-order valence-corrected chi connectivity index (χ0v) is 15.2. The molecule has 0 saturated heterocycles. The molecule has 0 aromatic carbocycles. The maximum Gasteiger partial charge on any atom is 0.311 e. The number of carbonyl (C=O) groups is 2. The zero-order chi connectivity index (χ0) is 17.1. The third-order valence-corrected chi connectivity index (χ3v) is 5.03. The Morgan fingerprint density at radius 2 is 1.48 bits per heavy atom. The molecule has 1 amide bonds. The summed E-state index contributed by atoms with van der Waals surface area (Å²) in [5, 5.41) is 2.85. The molecule has 0 radical (unpaired) electrons. The molecule has 0 bridgehead atoms. The summed E-state index contributed by atoms with van der Waals surface area (Å²) >= 11 is 0. The Hall–Kier alpha value is -1.06. The Labute approximate surface area is 130 Å². The van der Waals surface area contributed by atoms with Crippen LogP contribution in [0.5, 0.6) is 0 Å². The maximum absolute atomic E-state index is 12.2. The van der Waals surface area contributed by atoms with Crippen molar-refractivity contribution >= 4 is 11.9 Å². The number of hydrogen-bond donors (Lipinski definition) is 1. The highest BCUT2D eigenvalue weighted by atomic mass is 16.5. The van der Waals surface area contributed by atoms with Crippen molar-refractivity contribution in [3.63, 3.8) is 0 Å². The minimum Gasteiger partial charge on any atom is -0.463 e. The van der Waals surface area contributed by atoms with Gasteiger partial charge in [-0.05, 0) is 25.2 Å². The summed E-state index contributed by atoms with van der Waals surface area (Å²) in [7, 11) is 0. The van der Waals surface area contributed by atoms with Crippen LogP contribution in [0.4, 0.5) is 0 Å². The van der Waals surface area contributed by atoms with Crippen LogP contribution < -0.4 is 5.32 Å². The lowest BCUT2D eigenvalue weighted by atomic mass is 9.69. The number of amides is 1. The third kappa shape index (κ3) is 5.01. The molecule has 0 rings (SSSR count). The van der Waals surface area contributed by atoms with Crippen LogP contribution in [0.3, 0.4) is 0 Å². The fourth-order valence-corrected chi connectivity index (χ4v) is 1.29. The van der Waals surface area contributed by atoms with Gasteiger partial charge in [0.1, 0.15) is 6.61 Å². The number of nitrogens with one attached hydrogen (secondary N) is 1. The fraction of sp³-hybridized carbons (Fsp3) is 0.882. The first kappa shape index (κ1) is 19.9. The smallest absolute Gasteiger partial charge is 0.311 e. The third-order valence-electron chi connectivity index (χ3n) is 5.03. The normalized spacial score (nSPS) is 13.2. The largest absolute Gasteiger partial charge is 0.463 e. The lowest BCUT2D eigenvalue weighted by Crippen LogP contribution is -2.46. The van der Waals surface area contributed by atoms with Gasteiger partial charge in [0.05, 0.1) is 12.0 Å². The van der Waals surface area contributed by atoms with Crippen LogP contribution in [-0.4, -0.2) is 25.0 Å². The van der Waals surface area contributed by atoms with E-state index in [4.69, 9.17) is 4.74 Å². The van der Waals surface area contributed by atoms with E-state index in [1.807, 2.05) is 62.3 Å². The van der Waals surface area contributed by atoms with Gasteiger partial charge in [-0.25, -0.2) is 0 Å². The number of ether oxygens (including phenoxy) is 1. The maximum atomic E-state index is 12.2. The van der Waals surface area contributed by atoms with E-state index in [2.05, 4.69) is 5.32 Å². The van der Waals surface area contributed by atoms with Gasteiger partial charge < -0.3 is 10.1 Å². The van der Waals surface area contributed by atoms with Crippen molar-refractivity contribution in [3.8, 4) is 0 Å². The molecule has 4 heteroatoms. The molecule has 0 aliphatic heterocycles. The van der Waals surface area contributed by atoms with Crippen molar-refractivity contribution in [2.45, 2.75) is 62.3 Å². The Morgan fingerprint density at radius 1 is 1.00 bits per heavy atom. The quantitative estimate of drug-likeness (QED) is 0.604. The summed E-state index contributed by atoms with van der Waals surface area (Å²) in [6.07, 6.45) is 0. The van der Waals surface area contributed by atoms with Crippen molar-refractivity contribution in [2.24, 2.45) is 22.2 Å². The summed E-state index contributed by atoms with van der Waals surface area (Å²) in [4.78, 5) is 24.2. The Morgan fingerprint density at radius 3 is 1.86 bits per heavy atom. The molecule has 0 atom stereocenters. The van der Waals surface area contributed by atoms with Gasteiger partial charge in [0.2, 0.25) is 5.91 Å². The van der Waals surface area contributed by atoms with Gasteiger partial charge in [-0.3, -0.25) is 9.59 Å². The first-order valence-corrected chi connectivity index (χ1v) is 7.70. The molecule has 0 aliphatic carbocycles. The molecular weight excluding hydrogens is 266 g/mol. The summed E-state index contributed by atoms with van der Waals surface area (Å²) in [5.74, 6) is -0.0320. The monoisotopic (exact) mass is 299 g/mol. The van der Waals surface area contributed by atoms with Gasteiger partial charge in [0, 0.05) is 5.41 Å². The van der Waals surface area contributed by atoms with Crippen LogP contribution in [0.2, 0.25) is 0 Å². The minimum atomic E-state index is -0.505. The molecule has 0 spiro atoms. The van der Waals surface area contributed by atoms with Gasteiger partial charge in [0.15, 0.2) is 0 Å². The Bertz CT molecular complexity index is 376. The predicted octanol–water partition coefficient (Wildman–Crippen LogP) is 3.40. The van der Waals surface area contributed by atoms with E-state index in [1.54, 1.807) is 0 Å². The molecule has 0 saturated carbocycles. The van der Waals surface area contributed by atoms with E-state index >= 15 is 0 Å². The van der Waals surface area contributed by atoms with Crippen molar-refractivity contribution in [1.29, 1.82) is 0 Å².